The van der Waals surface area contributed by atoms with Crippen LogP contribution in [-0.4, -0.2) is 41.7 Å². The minimum atomic E-state index is -2.67. The Morgan fingerprint density at radius 1 is 1.45 bits per heavy atom. The quantitative estimate of drug-likeness (QED) is 0.767. The molecule has 22 heavy (non-hydrogen) atoms. The maximum atomic E-state index is 12.3. The van der Waals surface area contributed by atoms with Crippen LogP contribution in [-0.2, 0) is 13.0 Å². The standard InChI is InChI=1S/C15H19ClF2N2O2/c16-13-4-1-10(7-11(13)8-19-12-2-3-12)5-6-20(15(21)22)9-14(17)18/h1,4,7,12,14,19H,2-3,5-6,8-9H2,(H,21,22). The van der Waals surface area contributed by atoms with Crippen molar-refractivity contribution in [3.63, 3.8) is 0 Å². The monoisotopic (exact) mass is 332 g/mol. The number of hydrogen-bond acceptors (Lipinski definition) is 2. The molecule has 0 bridgehead atoms. The van der Waals surface area contributed by atoms with Gasteiger partial charge in [-0.3, -0.25) is 0 Å². The second kappa shape index (κ2) is 7.74. The van der Waals surface area contributed by atoms with E-state index in [2.05, 4.69) is 5.32 Å². The Bertz CT molecular complexity index is 524. The van der Waals surface area contributed by atoms with Gasteiger partial charge in [0, 0.05) is 24.2 Å². The summed E-state index contributed by atoms with van der Waals surface area (Å²) in [4.78, 5) is 11.7. The Labute approximate surface area is 133 Å². The summed E-state index contributed by atoms with van der Waals surface area (Å²) >= 11 is 6.14. The predicted molar refractivity (Wildman–Crippen MR) is 80.6 cm³/mol. The largest absolute Gasteiger partial charge is 0.465 e. The van der Waals surface area contributed by atoms with Gasteiger partial charge in [0.15, 0.2) is 0 Å². The first-order valence-electron chi connectivity index (χ1n) is 7.22. The molecule has 0 unspecified atom stereocenters. The minimum Gasteiger partial charge on any atom is -0.465 e. The van der Waals surface area contributed by atoms with E-state index in [-0.39, 0.29) is 6.54 Å². The predicted octanol–water partition coefficient (Wildman–Crippen LogP) is 3.38. The van der Waals surface area contributed by atoms with Gasteiger partial charge in [-0.05, 0) is 36.5 Å². The summed E-state index contributed by atoms with van der Waals surface area (Å²) in [6, 6.07) is 6.03. The summed E-state index contributed by atoms with van der Waals surface area (Å²) < 4.78 is 24.7. The molecule has 1 aromatic rings. The van der Waals surface area contributed by atoms with Crippen molar-refractivity contribution in [2.75, 3.05) is 13.1 Å². The number of hydrogen-bond donors (Lipinski definition) is 2. The number of amides is 1. The molecule has 0 aromatic heterocycles. The molecule has 2 rings (SSSR count). The first-order valence-corrected chi connectivity index (χ1v) is 7.60. The van der Waals surface area contributed by atoms with Crippen molar-refractivity contribution in [1.82, 2.24) is 10.2 Å². The Morgan fingerprint density at radius 2 is 2.18 bits per heavy atom. The molecule has 0 saturated heterocycles. The van der Waals surface area contributed by atoms with Crippen LogP contribution in [0.15, 0.2) is 18.2 Å². The van der Waals surface area contributed by atoms with E-state index >= 15 is 0 Å². The highest BCUT2D eigenvalue weighted by atomic mass is 35.5. The molecule has 0 radical (unpaired) electrons. The van der Waals surface area contributed by atoms with Gasteiger partial charge in [0.05, 0.1) is 6.54 Å². The number of nitrogens with zero attached hydrogens (tertiary/aromatic N) is 1. The number of alkyl halides is 2. The Hall–Kier alpha value is -1.40. The lowest BCUT2D eigenvalue weighted by Crippen LogP contribution is -2.35. The van der Waals surface area contributed by atoms with Crippen LogP contribution in [0.2, 0.25) is 5.02 Å². The molecule has 1 aliphatic rings. The van der Waals surface area contributed by atoms with Gasteiger partial charge >= 0.3 is 6.09 Å². The van der Waals surface area contributed by atoms with Crippen LogP contribution in [0.5, 0.6) is 0 Å². The third kappa shape index (κ3) is 5.42. The van der Waals surface area contributed by atoms with E-state index in [0.29, 0.717) is 24.0 Å². The van der Waals surface area contributed by atoms with Gasteiger partial charge in [0.1, 0.15) is 0 Å². The van der Waals surface area contributed by atoms with Crippen molar-refractivity contribution in [1.29, 1.82) is 0 Å². The summed E-state index contributed by atoms with van der Waals surface area (Å²) in [6.45, 7) is -0.0627. The zero-order valence-electron chi connectivity index (χ0n) is 12.1. The molecule has 0 heterocycles. The number of rotatable bonds is 8. The van der Waals surface area contributed by atoms with E-state index in [9.17, 15) is 13.6 Å². The van der Waals surface area contributed by atoms with Gasteiger partial charge in [0.2, 0.25) is 0 Å². The average molecular weight is 333 g/mol. The summed E-state index contributed by atoms with van der Waals surface area (Å²) in [7, 11) is 0. The lowest BCUT2D eigenvalue weighted by Gasteiger charge is -2.18. The molecular weight excluding hydrogens is 314 g/mol. The number of carboxylic acid groups (broad SMARTS) is 1. The van der Waals surface area contributed by atoms with Gasteiger partial charge in [-0.15, -0.1) is 0 Å². The van der Waals surface area contributed by atoms with E-state index in [4.69, 9.17) is 16.7 Å². The number of carbonyl (C=O) groups is 1. The SMILES string of the molecule is O=C(O)N(CCc1ccc(Cl)c(CNC2CC2)c1)CC(F)F. The molecule has 2 N–H and O–H groups in total. The minimum absolute atomic E-state index is 0.0385. The normalized spacial score (nSPS) is 14.4. The van der Waals surface area contributed by atoms with E-state index < -0.39 is 19.1 Å². The van der Waals surface area contributed by atoms with E-state index in [0.717, 1.165) is 16.0 Å². The molecule has 1 amide bonds. The molecule has 1 aromatic carbocycles. The van der Waals surface area contributed by atoms with Crippen LogP contribution in [0, 0.1) is 0 Å². The Balaban J connectivity index is 1.93. The maximum Gasteiger partial charge on any atom is 0.407 e. The smallest absolute Gasteiger partial charge is 0.407 e. The third-order valence-corrected chi connectivity index (χ3v) is 3.94. The van der Waals surface area contributed by atoms with E-state index in [1.165, 1.54) is 12.8 Å². The van der Waals surface area contributed by atoms with Crippen molar-refractivity contribution in [3.8, 4) is 0 Å². The molecule has 4 nitrogen and oxygen atoms in total. The number of nitrogens with one attached hydrogen (secondary N) is 1. The summed E-state index contributed by atoms with van der Waals surface area (Å²) in [5, 5.41) is 12.9. The van der Waals surface area contributed by atoms with Crippen LogP contribution in [0.4, 0.5) is 13.6 Å². The van der Waals surface area contributed by atoms with Gasteiger partial charge in [-0.1, -0.05) is 23.7 Å². The second-order valence-corrected chi connectivity index (χ2v) is 5.86. The highest BCUT2D eigenvalue weighted by Crippen LogP contribution is 2.22. The summed E-state index contributed by atoms with van der Waals surface area (Å²) in [5.74, 6) is 0. The van der Waals surface area contributed by atoms with Crippen LogP contribution in [0.3, 0.4) is 0 Å². The van der Waals surface area contributed by atoms with Crippen LogP contribution < -0.4 is 5.32 Å². The van der Waals surface area contributed by atoms with Crippen LogP contribution >= 0.6 is 11.6 Å². The average Bonchev–Trinajstić information content (AvgIpc) is 3.27. The Kier molecular flexibility index (Phi) is 5.97. The first-order chi connectivity index (χ1) is 10.5. The van der Waals surface area contributed by atoms with Crippen molar-refractivity contribution in [2.24, 2.45) is 0 Å². The fraction of sp³-hybridized carbons (Fsp3) is 0.533. The topological polar surface area (TPSA) is 52.6 Å². The molecule has 0 aliphatic heterocycles. The molecule has 1 fully saturated rings. The van der Waals surface area contributed by atoms with Crippen LogP contribution in [0.25, 0.3) is 0 Å². The van der Waals surface area contributed by atoms with Crippen molar-refractivity contribution in [2.45, 2.75) is 38.3 Å². The molecule has 7 heteroatoms. The zero-order chi connectivity index (χ0) is 16.1. The molecule has 0 atom stereocenters. The Morgan fingerprint density at radius 3 is 2.77 bits per heavy atom. The van der Waals surface area contributed by atoms with E-state index in [1.54, 1.807) is 12.1 Å². The van der Waals surface area contributed by atoms with Crippen molar-refractivity contribution >= 4 is 17.7 Å². The van der Waals surface area contributed by atoms with E-state index in [1.807, 2.05) is 6.07 Å². The van der Waals surface area contributed by atoms with Gasteiger partial charge < -0.3 is 15.3 Å². The summed E-state index contributed by atoms with van der Waals surface area (Å²) in [5.41, 5.74) is 1.83. The first kappa shape index (κ1) is 17.0. The fourth-order valence-electron chi connectivity index (χ4n) is 2.16. The number of benzene rings is 1. The molecular formula is C15H19ClF2N2O2. The molecule has 0 spiro atoms. The van der Waals surface area contributed by atoms with Gasteiger partial charge in [-0.25, -0.2) is 13.6 Å². The zero-order valence-corrected chi connectivity index (χ0v) is 12.8. The highest BCUT2D eigenvalue weighted by molar-refractivity contribution is 6.31. The van der Waals surface area contributed by atoms with Gasteiger partial charge in [0.25, 0.3) is 6.43 Å². The fourth-order valence-corrected chi connectivity index (χ4v) is 2.34. The molecule has 1 aliphatic carbocycles. The lowest BCUT2D eigenvalue weighted by atomic mass is 10.1. The molecule has 122 valence electrons. The van der Waals surface area contributed by atoms with Crippen LogP contribution in [0.1, 0.15) is 24.0 Å². The lowest BCUT2D eigenvalue weighted by molar-refractivity contribution is 0.0802. The number of halogens is 3. The van der Waals surface area contributed by atoms with Crippen molar-refractivity contribution < 1.29 is 18.7 Å². The molecule has 1 saturated carbocycles. The second-order valence-electron chi connectivity index (χ2n) is 5.45. The van der Waals surface area contributed by atoms with Crippen molar-refractivity contribution in [3.05, 3.63) is 34.3 Å². The maximum absolute atomic E-state index is 12.3. The highest BCUT2D eigenvalue weighted by Gasteiger charge is 2.20. The third-order valence-electron chi connectivity index (χ3n) is 3.57. The summed E-state index contributed by atoms with van der Waals surface area (Å²) in [6.07, 6.45) is -1.26. The van der Waals surface area contributed by atoms with Gasteiger partial charge in [-0.2, -0.15) is 0 Å².